The van der Waals surface area contributed by atoms with Crippen molar-refractivity contribution in [3.63, 3.8) is 0 Å². The standard InChI is InChI=1S/C29H36O10/c1-10-29(8,9)24(31)35-19-13-11-18(12-14-19)23(30)34-20-15-16-21(36-25(32)38-27(2,3)4)22(17-20)37-26(33)39-28(5,6)7/h11-17H,10H2,1-9H3. The Morgan fingerprint density at radius 3 is 1.59 bits per heavy atom. The summed E-state index contributed by atoms with van der Waals surface area (Å²) in [4.78, 5) is 49.5. The van der Waals surface area contributed by atoms with Gasteiger partial charge in [-0.25, -0.2) is 14.4 Å². The van der Waals surface area contributed by atoms with Crippen LogP contribution in [-0.4, -0.2) is 35.5 Å². The van der Waals surface area contributed by atoms with Gasteiger partial charge in [-0.2, -0.15) is 0 Å². The third kappa shape index (κ3) is 10.3. The minimum atomic E-state index is -1.06. The highest BCUT2D eigenvalue weighted by Gasteiger charge is 2.28. The van der Waals surface area contributed by atoms with Gasteiger partial charge in [0.15, 0.2) is 11.5 Å². The average Bonchev–Trinajstić information content (AvgIpc) is 2.78. The Kier molecular flexibility index (Phi) is 9.73. The molecule has 39 heavy (non-hydrogen) atoms. The Labute approximate surface area is 228 Å². The highest BCUT2D eigenvalue weighted by Crippen LogP contribution is 2.33. The lowest BCUT2D eigenvalue weighted by atomic mass is 9.91. The van der Waals surface area contributed by atoms with Gasteiger partial charge < -0.3 is 28.4 Å². The summed E-state index contributed by atoms with van der Waals surface area (Å²) >= 11 is 0. The fraction of sp³-hybridized carbons (Fsp3) is 0.448. The smallest absolute Gasteiger partial charge is 0.428 e. The SMILES string of the molecule is CCC(C)(C)C(=O)Oc1ccc(C(=O)Oc2ccc(OC(=O)OC(C)(C)C)c(OC(=O)OC(C)(C)C)c2)cc1. The van der Waals surface area contributed by atoms with E-state index in [1.54, 1.807) is 55.4 Å². The van der Waals surface area contributed by atoms with Crippen LogP contribution in [0.3, 0.4) is 0 Å². The van der Waals surface area contributed by atoms with E-state index in [1.807, 2.05) is 6.92 Å². The Morgan fingerprint density at radius 2 is 1.10 bits per heavy atom. The molecule has 0 saturated heterocycles. The van der Waals surface area contributed by atoms with E-state index in [1.165, 1.54) is 42.5 Å². The molecule has 0 bridgehead atoms. The summed E-state index contributed by atoms with van der Waals surface area (Å²) in [6.45, 7) is 15.4. The van der Waals surface area contributed by atoms with Gasteiger partial charge in [-0.3, -0.25) is 4.79 Å². The van der Waals surface area contributed by atoms with Crippen molar-refractivity contribution in [1.29, 1.82) is 0 Å². The Bertz CT molecular complexity index is 1200. The average molecular weight is 545 g/mol. The predicted octanol–water partition coefficient (Wildman–Crippen LogP) is 6.88. The number of carbonyl (C=O) groups excluding carboxylic acids is 4. The van der Waals surface area contributed by atoms with Crippen LogP contribution in [0.25, 0.3) is 0 Å². The van der Waals surface area contributed by atoms with Crippen molar-refractivity contribution in [1.82, 2.24) is 0 Å². The van der Waals surface area contributed by atoms with Gasteiger partial charge in [0.25, 0.3) is 0 Å². The molecule has 0 radical (unpaired) electrons. The van der Waals surface area contributed by atoms with Gasteiger partial charge in [0.2, 0.25) is 0 Å². The minimum Gasteiger partial charge on any atom is -0.428 e. The first kappa shape index (κ1) is 31.1. The number of carbonyl (C=O) groups is 4. The lowest BCUT2D eigenvalue weighted by Crippen LogP contribution is -2.28. The number of benzene rings is 2. The fourth-order valence-corrected chi connectivity index (χ4v) is 2.65. The lowest BCUT2D eigenvalue weighted by Gasteiger charge is -2.21. The summed E-state index contributed by atoms with van der Waals surface area (Å²) in [6, 6.07) is 9.69. The number of rotatable bonds is 7. The van der Waals surface area contributed by atoms with Crippen LogP contribution in [0.5, 0.6) is 23.0 Å². The maximum absolute atomic E-state index is 12.7. The van der Waals surface area contributed by atoms with Crippen LogP contribution in [0.4, 0.5) is 9.59 Å². The zero-order valence-electron chi connectivity index (χ0n) is 23.8. The molecule has 0 spiro atoms. The molecule has 2 aromatic rings. The summed E-state index contributed by atoms with van der Waals surface area (Å²) in [5, 5.41) is 0. The second kappa shape index (κ2) is 12.2. The third-order valence-electron chi connectivity index (χ3n) is 5.03. The van der Waals surface area contributed by atoms with Gasteiger partial charge in [0.05, 0.1) is 11.0 Å². The van der Waals surface area contributed by atoms with Crippen LogP contribution >= 0.6 is 0 Å². The first-order valence-electron chi connectivity index (χ1n) is 12.4. The van der Waals surface area contributed by atoms with Crippen LogP contribution in [-0.2, 0) is 14.3 Å². The van der Waals surface area contributed by atoms with Crippen molar-refractivity contribution in [3.05, 3.63) is 48.0 Å². The quantitative estimate of drug-likeness (QED) is 0.207. The van der Waals surface area contributed by atoms with E-state index >= 15 is 0 Å². The molecule has 0 aromatic heterocycles. The number of hydrogen-bond donors (Lipinski definition) is 0. The third-order valence-corrected chi connectivity index (χ3v) is 5.03. The van der Waals surface area contributed by atoms with Crippen molar-refractivity contribution in [2.75, 3.05) is 0 Å². The summed E-state index contributed by atoms with van der Waals surface area (Å²) in [6.07, 6.45) is -1.47. The summed E-state index contributed by atoms with van der Waals surface area (Å²) in [5.74, 6) is -1.22. The largest absolute Gasteiger partial charge is 0.514 e. The molecule has 0 amide bonds. The number of esters is 2. The van der Waals surface area contributed by atoms with Gasteiger partial charge in [-0.1, -0.05) is 6.92 Å². The van der Waals surface area contributed by atoms with Gasteiger partial charge in [0.1, 0.15) is 22.7 Å². The molecule has 0 aliphatic rings. The number of hydrogen-bond acceptors (Lipinski definition) is 10. The molecule has 0 atom stereocenters. The summed E-state index contributed by atoms with van der Waals surface area (Å²) < 4.78 is 31.5. The first-order chi connectivity index (χ1) is 17.9. The van der Waals surface area contributed by atoms with Crippen LogP contribution in [0.1, 0.15) is 79.1 Å². The summed E-state index contributed by atoms with van der Waals surface area (Å²) in [5.41, 5.74) is -2.14. The maximum atomic E-state index is 12.7. The molecule has 0 unspecified atom stereocenters. The molecule has 0 saturated carbocycles. The minimum absolute atomic E-state index is 0.00435. The highest BCUT2D eigenvalue weighted by molar-refractivity contribution is 5.91. The molecule has 2 aromatic carbocycles. The molecule has 212 valence electrons. The Morgan fingerprint density at radius 1 is 0.615 bits per heavy atom. The van der Waals surface area contributed by atoms with Crippen molar-refractivity contribution >= 4 is 24.2 Å². The second-order valence-electron chi connectivity index (χ2n) is 11.3. The molecule has 0 heterocycles. The molecule has 0 aliphatic heterocycles. The van der Waals surface area contributed by atoms with Crippen molar-refractivity contribution in [2.24, 2.45) is 5.41 Å². The van der Waals surface area contributed by atoms with Gasteiger partial charge >= 0.3 is 24.2 Å². The van der Waals surface area contributed by atoms with Gasteiger partial charge in [-0.05, 0) is 98.2 Å². The normalized spacial score (nSPS) is 11.7. The fourth-order valence-electron chi connectivity index (χ4n) is 2.65. The Hall–Kier alpha value is -4.08. The molecule has 0 fully saturated rings. The molecular formula is C29H36O10. The summed E-state index contributed by atoms with van der Waals surface area (Å²) in [7, 11) is 0. The monoisotopic (exact) mass is 544 g/mol. The van der Waals surface area contributed by atoms with Gasteiger partial charge in [-0.15, -0.1) is 0 Å². The molecule has 10 nitrogen and oxygen atoms in total. The molecule has 0 N–H and O–H groups in total. The van der Waals surface area contributed by atoms with E-state index in [2.05, 4.69) is 0 Å². The molecule has 0 aliphatic carbocycles. The molecular weight excluding hydrogens is 508 g/mol. The van der Waals surface area contributed by atoms with Crippen LogP contribution in [0.2, 0.25) is 0 Å². The van der Waals surface area contributed by atoms with Crippen LogP contribution in [0.15, 0.2) is 42.5 Å². The lowest BCUT2D eigenvalue weighted by molar-refractivity contribution is -0.144. The van der Waals surface area contributed by atoms with E-state index < -0.39 is 34.9 Å². The maximum Gasteiger partial charge on any atom is 0.514 e. The van der Waals surface area contributed by atoms with E-state index in [0.29, 0.717) is 6.42 Å². The van der Waals surface area contributed by atoms with Gasteiger partial charge in [0, 0.05) is 6.07 Å². The second-order valence-corrected chi connectivity index (χ2v) is 11.3. The van der Waals surface area contributed by atoms with E-state index in [4.69, 9.17) is 28.4 Å². The Balaban J connectivity index is 2.22. The highest BCUT2D eigenvalue weighted by atomic mass is 16.8. The topological polar surface area (TPSA) is 124 Å². The van der Waals surface area contributed by atoms with Crippen LogP contribution < -0.4 is 18.9 Å². The van der Waals surface area contributed by atoms with Crippen molar-refractivity contribution < 1.29 is 47.6 Å². The predicted molar refractivity (Wildman–Crippen MR) is 141 cm³/mol. The van der Waals surface area contributed by atoms with Crippen molar-refractivity contribution in [2.45, 2.75) is 79.9 Å². The van der Waals surface area contributed by atoms with Crippen LogP contribution in [0, 0.1) is 5.41 Å². The first-order valence-corrected chi connectivity index (χ1v) is 12.4. The van der Waals surface area contributed by atoms with E-state index in [0.717, 1.165) is 0 Å². The zero-order valence-corrected chi connectivity index (χ0v) is 23.8. The van der Waals surface area contributed by atoms with E-state index in [-0.39, 0.29) is 34.5 Å². The molecule has 10 heteroatoms. The number of ether oxygens (including phenoxy) is 6. The van der Waals surface area contributed by atoms with E-state index in [9.17, 15) is 19.2 Å². The van der Waals surface area contributed by atoms with Crippen molar-refractivity contribution in [3.8, 4) is 23.0 Å². The molecule has 2 rings (SSSR count). The zero-order chi connectivity index (χ0) is 29.6.